The van der Waals surface area contributed by atoms with Crippen molar-refractivity contribution in [1.82, 2.24) is 5.32 Å². The molecule has 1 atom stereocenters. The summed E-state index contributed by atoms with van der Waals surface area (Å²) in [5, 5.41) is 3.77. The molecule has 1 unspecified atom stereocenters. The van der Waals surface area contributed by atoms with Gasteiger partial charge in [0.15, 0.2) is 6.61 Å². The summed E-state index contributed by atoms with van der Waals surface area (Å²) in [5.41, 5.74) is 2.03. The highest BCUT2D eigenvalue weighted by atomic mass is 16.5. The quantitative estimate of drug-likeness (QED) is 0.689. The van der Waals surface area contributed by atoms with Crippen molar-refractivity contribution in [3.63, 3.8) is 0 Å². The minimum Gasteiger partial charge on any atom is -0.484 e. The lowest BCUT2D eigenvalue weighted by atomic mass is 10.1. The summed E-state index contributed by atoms with van der Waals surface area (Å²) in [6.07, 6.45) is 0.738. The number of carbonyl (C=O) groups is 1. The van der Waals surface area contributed by atoms with Crippen LogP contribution in [0.2, 0.25) is 0 Å². The molecule has 5 nitrogen and oxygen atoms in total. The Balaban J connectivity index is 1.66. The van der Waals surface area contributed by atoms with Crippen LogP contribution in [0.4, 0.5) is 0 Å². The summed E-state index contributed by atoms with van der Waals surface area (Å²) in [6.45, 7) is 3.79. The monoisotopic (exact) mass is 351 g/mol. The number of carbonyl (C=O) groups excluding carboxylic acids is 1. The van der Waals surface area contributed by atoms with Gasteiger partial charge in [-0.2, -0.15) is 0 Å². The number of benzene rings is 2. The molecule has 5 heteroatoms. The van der Waals surface area contributed by atoms with Gasteiger partial charge in [-0.1, -0.05) is 37.3 Å². The molecule has 0 saturated carbocycles. The molecule has 134 valence electrons. The van der Waals surface area contributed by atoms with Crippen molar-refractivity contribution in [2.75, 3.05) is 6.61 Å². The number of amides is 1. The van der Waals surface area contributed by atoms with Gasteiger partial charge in [-0.3, -0.25) is 4.79 Å². The zero-order valence-corrected chi connectivity index (χ0v) is 14.8. The van der Waals surface area contributed by atoms with E-state index in [-0.39, 0.29) is 24.2 Å². The van der Waals surface area contributed by atoms with Gasteiger partial charge in [-0.25, -0.2) is 4.79 Å². The smallest absolute Gasteiger partial charge is 0.336 e. The van der Waals surface area contributed by atoms with Crippen molar-refractivity contribution >= 4 is 16.9 Å². The molecule has 0 radical (unpaired) electrons. The predicted molar refractivity (Wildman–Crippen MR) is 100 cm³/mol. The van der Waals surface area contributed by atoms with E-state index < -0.39 is 0 Å². The Hall–Kier alpha value is -3.08. The van der Waals surface area contributed by atoms with Crippen molar-refractivity contribution in [2.24, 2.45) is 0 Å². The maximum Gasteiger partial charge on any atom is 0.336 e. The zero-order valence-electron chi connectivity index (χ0n) is 14.8. The molecular formula is C21H21NO4. The number of rotatable bonds is 6. The fourth-order valence-corrected chi connectivity index (χ4v) is 2.85. The standard InChI is InChI=1S/C21H21NO4/c1-3-15-11-21(24)26-19-12-17(9-10-18(15)19)25-13-20(23)22-14(2)16-7-5-4-6-8-16/h4-12,14H,3,13H2,1-2H3,(H,22,23). The summed E-state index contributed by atoms with van der Waals surface area (Å²) in [4.78, 5) is 23.7. The molecule has 0 bridgehead atoms. The minimum absolute atomic E-state index is 0.103. The molecule has 1 heterocycles. The van der Waals surface area contributed by atoms with E-state index in [1.54, 1.807) is 12.1 Å². The largest absolute Gasteiger partial charge is 0.484 e. The van der Waals surface area contributed by atoms with Crippen LogP contribution in [0.15, 0.2) is 63.8 Å². The van der Waals surface area contributed by atoms with Crippen molar-refractivity contribution < 1.29 is 13.9 Å². The Morgan fingerprint density at radius 2 is 1.92 bits per heavy atom. The van der Waals surface area contributed by atoms with E-state index in [2.05, 4.69) is 5.32 Å². The highest BCUT2D eigenvalue weighted by Gasteiger charge is 2.11. The Kier molecular flexibility index (Phi) is 5.37. The van der Waals surface area contributed by atoms with Gasteiger partial charge in [0.1, 0.15) is 11.3 Å². The molecule has 26 heavy (non-hydrogen) atoms. The fourth-order valence-electron chi connectivity index (χ4n) is 2.85. The van der Waals surface area contributed by atoms with Crippen LogP contribution in [-0.4, -0.2) is 12.5 Å². The summed E-state index contributed by atoms with van der Waals surface area (Å²) in [6, 6.07) is 16.4. The topological polar surface area (TPSA) is 68.5 Å². The number of hydrogen-bond donors (Lipinski definition) is 1. The molecule has 0 spiro atoms. The molecule has 3 aromatic rings. The van der Waals surface area contributed by atoms with E-state index in [4.69, 9.17) is 9.15 Å². The molecule has 3 rings (SSSR count). The minimum atomic E-state index is -0.388. The fraction of sp³-hybridized carbons (Fsp3) is 0.238. The first kappa shape index (κ1) is 17.7. The Bertz CT molecular complexity index is 963. The third-order valence-electron chi connectivity index (χ3n) is 4.23. The highest BCUT2D eigenvalue weighted by molar-refractivity contribution is 5.82. The van der Waals surface area contributed by atoms with Gasteiger partial charge >= 0.3 is 5.63 Å². The maximum atomic E-state index is 12.1. The summed E-state index contributed by atoms with van der Waals surface area (Å²) < 4.78 is 10.8. The number of ether oxygens (including phenoxy) is 1. The molecule has 0 aliphatic heterocycles. The van der Waals surface area contributed by atoms with Crippen LogP contribution in [0.25, 0.3) is 11.0 Å². The van der Waals surface area contributed by atoms with Crippen molar-refractivity contribution in [3.05, 3.63) is 76.1 Å². The van der Waals surface area contributed by atoms with E-state index in [1.807, 2.05) is 50.2 Å². The molecule has 1 amide bonds. The van der Waals surface area contributed by atoms with Gasteiger partial charge < -0.3 is 14.5 Å². The first-order valence-electron chi connectivity index (χ1n) is 8.60. The van der Waals surface area contributed by atoms with Crippen LogP contribution in [-0.2, 0) is 11.2 Å². The number of nitrogens with one attached hydrogen (secondary N) is 1. The van der Waals surface area contributed by atoms with Gasteiger partial charge in [-0.05, 0) is 36.6 Å². The van der Waals surface area contributed by atoms with Crippen molar-refractivity contribution in [2.45, 2.75) is 26.3 Å². The average molecular weight is 351 g/mol. The van der Waals surface area contributed by atoms with Crippen molar-refractivity contribution in [1.29, 1.82) is 0 Å². The Labute approximate surface area is 151 Å². The van der Waals surface area contributed by atoms with Crippen LogP contribution in [0.1, 0.15) is 31.0 Å². The Morgan fingerprint density at radius 3 is 2.65 bits per heavy atom. The van der Waals surface area contributed by atoms with E-state index in [9.17, 15) is 9.59 Å². The van der Waals surface area contributed by atoms with Gasteiger partial charge in [0.05, 0.1) is 6.04 Å². The molecule has 0 saturated heterocycles. The van der Waals surface area contributed by atoms with Crippen LogP contribution in [0, 0.1) is 0 Å². The SMILES string of the molecule is CCc1cc(=O)oc2cc(OCC(=O)NC(C)c3ccccc3)ccc12. The average Bonchev–Trinajstić information content (AvgIpc) is 2.66. The molecule has 2 aromatic carbocycles. The first-order chi connectivity index (χ1) is 12.6. The Morgan fingerprint density at radius 1 is 1.15 bits per heavy atom. The second-order valence-corrected chi connectivity index (χ2v) is 6.09. The van der Waals surface area contributed by atoms with E-state index in [0.29, 0.717) is 11.3 Å². The molecule has 0 aliphatic rings. The number of hydrogen-bond acceptors (Lipinski definition) is 4. The molecule has 0 aliphatic carbocycles. The zero-order chi connectivity index (χ0) is 18.5. The highest BCUT2D eigenvalue weighted by Crippen LogP contribution is 2.23. The first-order valence-corrected chi connectivity index (χ1v) is 8.60. The van der Waals surface area contributed by atoms with E-state index >= 15 is 0 Å². The lowest BCUT2D eigenvalue weighted by Gasteiger charge is -2.14. The molecule has 1 aromatic heterocycles. The van der Waals surface area contributed by atoms with E-state index in [1.165, 1.54) is 6.07 Å². The third-order valence-corrected chi connectivity index (χ3v) is 4.23. The number of fused-ring (bicyclic) bond motifs is 1. The second kappa shape index (κ2) is 7.87. The van der Waals surface area contributed by atoms with Gasteiger partial charge in [0.25, 0.3) is 5.91 Å². The molecule has 1 N–H and O–H groups in total. The van der Waals surface area contributed by atoms with Gasteiger partial charge in [-0.15, -0.1) is 0 Å². The molecular weight excluding hydrogens is 330 g/mol. The van der Waals surface area contributed by atoms with Gasteiger partial charge in [0.2, 0.25) is 0 Å². The van der Waals surface area contributed by atoms with Crippen LogP contribution >= 0.6 is 0 Å². The summed E-state index contributed by atoms with van der Waals surface area (Å²) in [7, 11) is 0. The lowest BCUT2D eigenvalue weighted by molar-refractivity contribution is -0.123. The predicted octanol–water partition coefficient (Wildman–Crippen LogP) is 3.61. The third kappa shape index (κ3) is 4.11. The lowest BCUT2D eigenvalue weighted by Crippen LogP contribution is -2.31. The molecule has 0 fully saturated rings. The summed E-state index contributed by atoms with van der Waals surface area (Å²) >= 11 is 0. The van der Waals surface area contributed by atoms with Gasteiger partial charge in [0, 0.05) is 17.5 Å². The van der Waals surface area contributed by atoms with Crippen molar-refractivity contribution in [3.8, 4) is 5.75 Å². The van der Waals surface area contributed by atoms with Crippen LogP contribution in [0.5, 0.6) is 5.75 Å². The van der Waals surface area contributed by atoms with E-state index in [0.717, 1.165) is 22.9 Å². The maximum absolute atomic E-state index is 12.1. The number of aryl methyl sites for hydroxylation is 1. The normalized spacial score (nSPS) is 11.9. The van der Waals surface area contributed by atoms with Crippen LogP contribution < -0.4 is 15.7 Å². The second-order valence-electron chi connectivity index (χ2n) is 6.09. The van der Waals surface area contributed by atoms with Crippen LogP contribution in [0.3, 0.4) is 0 Å². The summed E-state index contributed by atoms with van der Waals surface area (Å²) in [5.74, 6) is 0.265.